The Labute approximate surface area is 175 Å². The van der Waals surface area contributed by atoms with E-state index in [9.17, 15) is 20.4 Å². The molecule has 1 aromatic heterocycles. The monoisotopic (exact) mass is 418 g/mol. The molecule has 0 aliphatic carbocycles. The van der Waals surface area contributed by atoms with Gasteiger partial charge >= 0.3 is 0 Å². The van der Waals surface area contributed by atoms with Gasteiger partial charge in [0.15, 0.2) is 0 Å². The Morgan fingerprint density at radius 3 is 2.50 bits per heavy atom. The first-order valence-corrected chi connectivity index (χ1v) is 10.0. The first-order chi connectivity index (χ1) is 14.5. The average Bonchev–Trinajstić information content (AvgIpc) is 3.17. The number of aliphatic hydroxyl groups is 4. The van der Waals surface area contributed by atoms with Crippen LogP contribution in [0.5, 0.6) is 5.75 Å². The van der Waals surface area contributed by atoms with E-state index in [0.29, 0.717) is 5.75 Å². The fraction of sp³-hybridized carbons (Fsp3) is 0.455. The van der Waals surface area contributed by atoms with Crippen LogP contribution in [-0.4, -0.2) is 87.3 Å². The molecule has 3 rings (SSSR count). The van der Waals surface area contributed by atoms with Gasteiger partial charge in [0.25, 0.3) is 0 Å². The zero-order chi connectivity index (χ0) is 21.7. The molecule has 5 atom stereocenters. The highest BCUT2D eigenvalue weighted by atomic mass is 16.7. The maximum Gasteiger partial charge on any atom is 0.229 e. The lowest BCUT2D eigenvalue weighted by Gasteiger charge is -2.39. The van der Waals surface area contributed by atoms with Gasteiger partial charge in [-0.15, -0.1) is 13.2 Å². The molecule has 5 N–H and O–H groups in total. The SMILES string of the molecule is C=CCN(CC=C)CCc1c[nH]c2c(OC3OC(CO)C(O)C(O)C3O)cccc12. The Balaban J connectivity index is 1.76. The highest BCUT2D eigenvalue weighted by molar-refractivity contribution is 5.88. The van der Waals surface area contributed by atoms with Crippen molar-refractivity contribution in [3.63, 3.8) is 0 Å². The number of H-pyrrole nitrogens is 1. The molecule has 1 aliphatic heterocycles. The van der Waals surface area contributed by atoms with Crippen LogP contribution in [0.3, 0.4) is 0 Å². The molecule has 0 amide bonds. The predicted octanol–water partition coefficient (Wildman–Crippen LogP) is 0.563. The maximum absolute atomic E-state index is 10.2. The maximum atomic E-state index is 10.2. The number of aliphatic hydroxyl groups excluding tert-OH is 4. The summed E-state index contributed by atoms with van der Waals surface area (Å²) < 4.78 is 11.3. The molecule has 1 aliphatic rings. The van der Waals surface area contributed by atoms with E-state index in [1.54, 1.807) is 6.07 Å². The van der Waals surface area contributed by atoms with Crippen LogP contribution in [0.15, 0.2) is 49.7 Å². The lowest BCUT2D eigenvalue weighted by atomic mass is 9.99. The molecule has 1 aromatic carbocycles. The molecule has 8 nitrogen and oxygen atoms in total. The fourth-order valence-electron chi connectivity index (χ4n) is 3.68. The van der Waals surface area contributed by atoms with Gasteiger partial charge in [-0.2, -0.15) is 0 Å². The van der Waals surface area contributed by atoms with Crippen molar-refractivity contribution in [2.45, 2.75) is 37.1 Å². The van der Waals surface area contributed by atoms with Gasteiger partial charge in [-0.1, -0.05) is 24.3 Å². The third kappa shape index (κ3) is 4.75. The van der Waals surface area contributed by atoms with Crippen molar-refractivity contribution < 1.29 is 29.9 Å². The molecule has 5 unspecified atom stereocenters. The van der Waals surface area contributed by atoms with Crippen molar-refractivity contribution in [1.29, 1.82) is 0 Å². The van der Waals surface area contributed by atoms with E-state index in [1.165, 1.54) is 0 Å². The van der Waals surface area contributed by atoms with Gasteiger partial charge in [-0.3, -0.25) is 4.90 Å². The minimum absolute atomic E-state index is 0.442. The number of fused-ring (bicyclic) bond motifs is 1. The summed E-state index contributed by atoms with van der Waals surface area (Å²) in [5.41, 5.74) is 1.85. The zero-order valence-electron chi connectivity index (χ0n) is 16.9. The van der Waals surface area contributed by atoms with Gasteiger partial charge in [0.2, 0.25) is 6.29 Å². The summed E-state index contributed by atoms with van der Waals surface area (Å²) in [7, 11) is 0. The Morgan fingerprint density at radius 1 is 1.10 bits per heavy atom. The predicted molar refractivity (Wildman–Crippen MR) is 113 cm³/mol. The van der Waals surface area contributed by atoms with Crippen LogP contribution in [0, 0.1) is 0 Å². The molecule has 0 radical (unpaired) electrons. The number of aromatic amines is 1. The van der Waals surface area contributed by atoms with E-state index in [0.717, 1.165) is 42.5 Å². The van der Waals surface area contributed by atoms with Crippen LogP contribution in [-0.2, 0) is 11.2 Å². The minimum Gasteiger partial charge on any atom is -0.460 e. The van der Waals surface area contributed by atoms with Crippen molar-refractivity contribution in [2.75, 3.05) is 26.2 Å². The highest BCUT2D eigenvalue weighted by Gasteiger charge is 2.44. The molecule has 30 heavy (non-hydrogen) atoms. The van der Waals surface area contributed by atoms with E-state index in [1.807, 2.05) is 30.5 Å². The molecular weight excluding hydrogens is 388 g/mol. The normalized spacial score (nSPS) is 26.8. The second kappa shape index (κ2) is 10.2. The molecule has 0 saturated carbocycles. The van der Waals surface area contributed by atoms with Gasteiger partial charge in [0.1, 0.15) is 30.2 Å². The number of aromatic nitrogens is 1. The smallest absolute Gasteiger partial charge is 0.229 e. The number of hydrogen-bond donors (Lipinski definition) is 5. The molecule has 1 fully saturated rings. The Kier molecular flexibility index (Phi) is 7.65. The second-order valence-electron chi connectivity index (χ2n) is 7.39. The van der Waals surface area contributed by atoms with Crippen LogP contribution in [0.25, 0.3) is 10.9 Å². The fourth-order valence-corrected chi connectivity index (χ4v) is 3.68. The van der Waals surface area contributed by atoms with Crippen LogP contribution in [0.4, 0.5) is 0 Å². The summed E-state index contributed by atoms with van der Waals surface area (Å²) in [4.78, 5) is 5.44. The molecule has 2 heterocycles. The number of rotatable bonds is 10. The van der Waals surface area contributed by atoms with Crippen LogP contribution in [0.1, 0.15) is 5.56 Å². The van der Waals surface area contributed by atoms with E-state index < -0.39 is 37.3 Å². The lowest BCUT2D eigenvalue weighted by molar-refractivity contribution is -0.277. The standard InChI is InChI=1S/C22H30N2O6/c1-3-9-24(10-4-2)11-8-14-12-23-18-15(14)6-5-7-16(18)29-22-21(28)20(27)19(26)17(13-25)30-22/h3-7,12,17,19-23,25-28H,1-2,8-11,13H2. The summed E-state index contributed by atoms with van der Waals surface area (Å²) in [6, 6.07) is 5.54. The van der Waals surface area contributed by atoms with Gasteiger partial charge in [0.05, 0.1) is 12.1 Å². The van der Waals surface area contributed by atoms with E-state index in [4.69, 9.17) is 9.47 Å². The minimum atomic E-state index is -1.49. The van der Waals surface area contributed by atoms with Crippen molar-refractivity contribution >= 4 is 10.9 Å². The topological polar surface area (TPSA) is 118 Å². The first-order valence-electron chi connectivity index (χ1n) is 10.0. The number of hydrogen-bond acceptors (Lipinski definition) is 7. The summed E-state index contributed by atoms with van der Waals surface area (Å²) in [5, 5.41) is 40.5. The van der Waals surface area contributed by atoms with Crippen molar-refractivity contribution in [3.8, 4) is 5.75 Å². The Hall–Kier alpha value is -2.20. The van der Waals surface area contributed by atoms with Crippen molar-refractivity contribution in [2.24, 2.45) is 0 Å². The Bertz CT molecular complexity index is 841. The van der Waals surface area contributed by atoms with Gasteiger partial charge in [-0.05, 0) is 18.1 Å². The zero-order valence-corrected chi connectivity index (χ0v) is 16.9. The number of para-hydroxylation sites is 1. The number of nitrogens with zero attached hydrogens (tertiary/aromatic N) is 1. The van der Waals surface area contributed by atoms with Gasteiger partial charge in [-0.25, -0.2) is 0 Å². The average molecular weight is 418 g/mol. The molecule has 8 heteroatoms. The quantitative estimate of drug-likeness (QED) is 0.358. The van der Waals surface area contributed by atoms with Gasteiger partial charge < -0.3 is 34.9 Å². The van der Waals surface area contributed by atoms with Crippen molar-refractivity contribution in [1.82, 2.24) is 9.88 Å². The van der Waals surface area contributed by atoms with Crippen LogP contribution < -0.4 is 4.74 Å². The molecule has 164 valence electrons. The van der Waals surface area contributed by atoms with Crippen LogP contribution >= 0.6 is 0 Å². The summed E-state index contributed by atoms with van der Waals surface area (Å²) in [5.74, 6) is 0.442. The summed E-state index contributed by atoms with van der Waals surface area (Å²) in [6.07, 6.45) is -0.154. The Morgan fingerprint density at radius 2 is 1.83 bits per heavy atom. The summed E-state index contributed by atoms with van der Waals surface area (Å²) >= 11 is 0. The third-order valence-electron chi connectivity index (χ3n) is 5.33. The molecule has 1 saturated heterocycles. The highest BCUT2D eigenvalue weighted by Crippen LogP contribution is 2.31. The molecule has 0 bridgehead atoms. The first kappa shape index (κ1) is 22.5. The number of ether oxygens (including phenoxy) is 2. The number of benzene rings is 1. The third-order valence-corrected chi connectivity index (χ3v) is 5.33. The molecule has 2 aromatic rings. The van der Waals surface area contributed by atoms with E-state index in [-0.39, 0.29) is 0 Å². The van der Waals surface area contributed by atoms with Gasteiger partial charge in [0, 0.05) is 31.2 Å². The van der Waals surface area contributed by atoms with E-state index in [2.05, 4.69) is 23.0 Å². The molecular formula is C22H30N2O6. The lowest BCUT2D eigenvalue weighted by Crippen LogP contribution is -2.60. The second-order valence-corrected chi connectivity index (χ2v) is 7.39. The van der Waals surface area contributed by atoms with Crippen molar-refractivity contribution in [3.05, 3.63) is 55.3 Å². The molecule has 0 spiro atoms. The summed E-state index contributed by atoms with van der Waals surface area (Å²) in [6.45, 7) is 9.47. The van der Waals surface area contributed by atoms with Crippen LogP contribution in [0.2, 0.25) is 0 Å². The van der Waals surface area contributed by atoms with E-state index >= 15 is 0 Å². The largest absolute Gasteiger partial charge is 0.460 e. The number of nitrogens with one attached hydrogen (secondary N) is 1.